The van der Waals surface area contributed by atoms with Crippen molar-refractivity contribution in [3.63, 3.8) is 0 Å². The molecule has 1 aromatic rings. The molecule has 1 saturated heterocycles. The molecule has 1 aliphatic heterocycles. The number of nitriles is 1. The third-order valence-corrected chi connectivity index (χ3v) is 8.50. The number of hydrogen-bond acceptors (Lipinski definition) is 7. The lowest BCUT2D eigenvalue weighted by Crippen LogP contribution is -2.57. The predicted molar refractivity (Wildman–Crippen MR) is 138 cm³/mol. The molecule has 3 atom stereocenters. The summed E-state index contributed by atoms with van der Waals surface area (Å²) in [5.74, 6) is 2.27. The molecule has 36 heavy (non-hydrogen) atoms. The van der Waals surface area contributed by atoms with Crippen molar-refractivity contribution in [1.29, 1.82) is 5.26 Å². The molecule has 2 unspecified atom stereocenters. The number of aliphatic hydroxyl groups is 1. The summed E-state index contributed by atoms with van der Waals surface area (Å²) >= 11 is 0. The summed E-state index contributed by atoms with van der Waals surface area (Å²) in [7, 11) is 0. The average molecular weight is 489 g/mol. The Bertz CT molecular complexity index is 1130. The number of piperazine rings is 1. The maximum atomic E-state index is 12.9. The molecule has 8 nitrogen and oxygen atoms in total. The van der Waals surface area contributed by atoms with E-state index in [0.717, 1.165) is 67.7 Å². The fraction of sp³-hybridized carbons (Fsp3) is 0.643. The van der Waals surface area contributed by atoms with Crippen LogP contribution in [0.25, 0.3) is 5.57 Å². The average Bonchev–Trinajstić information content (AvgIpc) is 3.76. The summed E-state index contributed by atoms with van der Waals surface area (Å²) in [6.45, 7) is 2.16. The predicted octanol–water partition coefficient (Wildman–Crippen LogP) is 2.95. The highest BCUT2D eigenvalue weighted by Gasteiger charge is 2.45. The van der Waals surface area contributed by atoms with Crippen LogP contribution in [0, 0.1) is 23.2 Å². The highest BCUT2D eigenvalue weighted by atomic mass is 16.3. The first-order chi connectivity index (χ1) is 17.6. The van der Waals surface area contributed by atoms with E-state index in [4.69, 9.17) is 15.7 Å². The molecular formula is C28H36N6O2. The van der Waals surface area contributed by atoms with Crippen LogP contribution in [0.1, 0.15) is 80.5 Å². The zero-order chi connectivity index (χ0) is 24.8. The highest BCUT2D eigenvalue weighted by Crippen LogP contribution is 2.44. The molecule has 0 bridgehead atoms. The van der Waals surface area contributed by atoms with Gasteiger partial charge in [0.25, 0.3) is 0 Å². The van der Waals surface area contributed by atoms with Crippen LogP contribution in [-0.2, 0) is 4.79 Å². The molecule has 4 aliphatic carbocycles. The van der Waals surface area contributed by atoms with E-state index in [-0.39, 0.29) is 24.1 Å². The van der Waals surface area contributed by atoms with Crippen LogP contribution in [0.3, 0.4) is 0 Å². The van der Waals surface area contributed by atoms with Crippen molar-refractivity contribution >= 4 is 23.5 Å². The molecule has 190 valence electrons. The largest absolute Gasteiger partial charge is 0.404 e. The molecule has 0 radical (unpaired) electrons. The molecule has 8 heteroatoms. The first-order valence-corrected chi connectivity index (χ1v) is 13.7. The number of nitrogens with two attached hydrogens (primary N) is 1. The van der Waals surface area contributed by atoms with E-state index in [9.17, 15) is 15.2 Å². The Labute approximate surface area is 212 Å². The van der Waals surface area contributed by atoms with Crippen LogP contribution in [0.15, 0.2) is 17.3 Å². The molecule has 1 amide bonds. The third kappa shape index (κ3) is 4.73. The summed E-state index contributed by atoms with van der Waals surface area (Å²) in [4.78, 5) is 27.1. The van der Waals surface area contributed by atoms with Gasteiger partial charge in [0.15, 0.2) is 0 Å². The monoisotopic (exact) mass is 488 g/mol. The molecule has 2 heterocycles. The lowest BCUT2D eigenvalue weighted by Gasteiger charge is -2.43. The Morgan fingerprint density at radius 2 is 1.97 bits per heavy atom. The van der Waals surface area contributed by atoms with Crippen LogP contribution in [-0.4, -0.2) is 64.9 Å². The molecule has 3 N–H and O–H groups in total. The number of nitrogens with zero attached hydrogens (tertiary/aromatic N) is 5. The molecule has 5 fully saturated rings. The maximum Gasteiger partial charge on any atom is 0.226 e. The molecule has 4 saturated carbocycles. The SMILES string of the molecule is N#Cc1cc(C(C=NC2CCC(O)C2)=CN)c(C2CC2)nc1N1CCN(C(=O)C2CC2)[C@H](C2CC2)C1. The van der Waals surface area contributed by atoms with Gasteiger partial charge in [-0.1, -0.05) is 0 Å². The van der Waals surface area contributed by atoms with Gasteiger partial charge in [0.05, 0.1) is 29.4 Å². The molecular weight excluding hydrogens is 452 g/mol. The number of aliphatic imine (C=N–C) groups is 1. The van der Waals surface area contributed by atoms with Gasteiger partial charge < -0.3 is 20.6 Å². The van der Waals surface area contributed by atoms with E-state index >= 15 is 0 Å². The lowest BCUT2D eigenvalue weighted by atomic mass is 9.99. The number of pyridine rings is 1. The number of allylic oxidation sites excluding steroid dienone is 1. The second kappa shape index (κ2) is 9.51. The number of aliphatic hydroxyl groups excluding tert-OH is 1. The molecule has 0 spiro atoms. The maximum absolute atomic E-state index is 12.9. The van der Waals surface area contributed by atoms with Gasteiger partial charge in [-0.2, -0.15) is 5.26 Å². The molecule has 0 aromatic carbocycles. The van der Waals surface area contributed by atoms with Crippen molar-refractivity contribution in [2.24, 2.45) is 22.6 Å². The van der Waals surface area contributed by atoms with Gasteiger partial charge in [0.2, 0.25) is 5.91 Å². The van der Waals surface area contributed by atoms with E-state index in [0.29, 0.717) is 42.8 Å². The standard InChI is InChI=1S/C28H36N6O2/c29-13-20-11-24(21(14-30)15-31-22-7-8-23(35)12-22)26(18-3-4-18)32-27(20)33-9-10-34(28(36)19-5-6-19)25(16-33)17-1-2-17/h11,14-15,17-19,22-23,25,35H,1-10,12,16,30H2/t22?,23?,25-/m0/s1. The summed E-state index contributed by atoms with van der Waals surface area (Å²) < 4.78 is 0. The van der Waals surface area contributed by atoms with Crippen LogP contribution >= 0.6 is 0 Å². The number of rotatable bonds is 7. The van der Waals surface area contributed by atoms with Crippen LogP contribution in [0.4, 0.5) is 5.82 Å². The van der Waals surface area contributed by atoms with Gasteiger partial charge in [-0.05, 0) is 69.8 Å². The van der Waals surface area contributed by atoms with E-state index in [1.807, 2.05) is 6.07 Å². The molecule has 1 aromatic heterocycles. The fourth-order valence-corrected chi connectivity index (χ4v) is 5.92. The zero-order valence-electron chi connectivity index (χ0n) is 20.9. The van der Waals surface area contributed by atoms with Crippen molar-refractivity contribution < 1.29 is 9.90 Å². The molecule has 5 aliphatic rings. The molecule has 6 rings (SSSR count). The van der Waals surface area contributed by atoms with Gasteiger partial charge in [0, 0.05) is 55.0 Å². The Morgan fingerprint density at radius 3 is 2.58 bits per heavy atom. The number of aromatic nitrogens is 1. The lowest BCUT2D eigenvalue weighted by molar-refractivity contribution is -0.135. The van der Waals surface area contributed by atoms with Crippen molar-refractivity contribution in [2.75, 3.05) is 24.5 Å². The van der Waals surface area contributed by atoms with Crippen LogP contribution < -0.4 is 10.6 Å². The second-order valence-electron chi connectivity index (χ2n) is 11.4. The minimum Gasteiger partial charge on any atom is -0.404 e. The normalized spacial score (nSPS) is 29.1. The van der Waals surface area contributed by atoms with Crippen molar-refractivity contribution in [3.8, 4) is 6.07 Å². The van der Waals surface area contributed by atoms with Crippen molar-refractivity contribution in [3.05, 3.63) is 29.1 Å². The van der Waals surface area contributed by atoms with Gasteiger partial charge in [-0.15, -0.1) is 0 Å². The zero-order valence-corrected chi connectivity index (χ0v) is 20.9. The summed E-state index contributed by atoms with van der Waals surface area (Å²) in [5.41, 5.74) is 9.27. The fourth-order valence-electron chi connectivity index (χ4n) is 5.92. The van der Waals surface area contributed by atoms with Crippen LogP contribution in [0.5, 0.6) is 0 Å². The summed E-state index contributed by atoms with van der Waals surface area (Å²) in [5, 5.41) is 20.0. The summed E-state index contributed by atoms with van der Waals surface area (Å²) in [6, 6.07) is 4.66. The first-order valence-electron chi connectivity index (χ1n) is 13.7. The Balaban J connectivity index is 1.28. The van der Waals surface area contributed by atoms with E-state index in [1.54, 1.807) is 12.4 Å². The van der Waals surface area contributed by atoms with E-state index < -0.39 is 0 Å². The summed E-state index contributed by atoms with van der Waals surface area (Å²) in [6.07, 6.45) is 12.0. The van der Waals surface area contributed by atoms with E-state index in [2.05, 4.69) is 15.9 Å². The minimum absolute atomic E-state index is 0.107. The topological polar surface area (TPSA) is 119 Å². The Kier molecular flexibility index (Phi) is 6.20. The van der Waals surface area contributed by atoms with E-state index in [1.165, 1.54) is 12.8 Å². The number of anilines is 1. The quantitative estimate of drug-likeness (QED) is 0.570. The van der Waals surface area contributed by atoms with Gasteiger partial charge >= 0.3 is 0 Å². The Hall–Kier alpha value is -2.92. The first kappa shape index (κ1) is 23.5. The van der Waals surface area contributed by atoms with Gasteiger partial charge in [0.1, 0.15) is 11.9 Å². The minimum atomic E-state index is -0.273. The number of amides is 1. The number of hydrogen-bond donors (Lipinski definition) is 2. The van der Waals surface area contributed by atoms with Gasteiger partial charge in [-0.25, -0.2) is 4.98 Å². The van der Waals surface area contributed by atoms with Gasteiger partial charge in [-0.3, -0.25) is 9.79 Å². The number of carbonyl (C=O) groups excluding carboxylic acids is 1. The third-order valence-electron chi connectivity index (χ3n) is 8.50. The smallest absolute Gasteiger partial charge is 0.226 e. The number of carbonyl (C=O) groups is 1. The van der Waals surface area contributed by atoms with Crippen molar-refractivity contribution in [1.82, 2.24) is 9.88 Å². The van der Waals surface area contributed by atoms with Crippen molar-refractivity contribution in [2.45, 2.75) is 81.9 Å². The Morgan fingerprint density at radius 1 is 1.17 bits per heavy atom. The highest BCUT2D eigenvalue weighted by molar-refractivity contribution is 6.10. The van der Waals surface area contributed by atoms with Crippen LogP contribution in [0.2, 0.25) is 0 Å². The second-order valence-corrected chi connectivity index (χ2v) is 11.4.